The maximum Gasteiger partial charge on any atom is 0.283 e. The van der Waals surface area contributed by atoms with Gasteiger partial charge in [-0.25, -0.2) is 4.90 Å². The summed E-state index contributed by atoms with van der Waals surface area (Å²) in [6, 6.07) is 12.0. The zero-order valence-corrected chi connectivity index (χ0v) is 19.1. The van der Waals surface area contributed by atoms with Crippen LogP contribution >= 0.6 is 46.6 Å². The van der Waals surface area contributed by atoms with Crippen LogP contribution in [-0.4, -0.2) is 29.8 Å². The van der Waals surface area contributed by atoms with Gasteiger partial charge in [-0.3, -0.25) is 9.59 Å². The number of carbonyl (C=O) groups excluding carboxylic acids is 2. The summed E-state index contributed by atoms with van der Waals surface area (Å²) in [6.07, 6.45) is 4.25. The van der Waals surface area contributed by atoms with E-state index in [1.165, 1.54) is 16.7 Å². The normalized spacial score (nSPS) is 17.7. The number of rotatable bonds is 4. The summed E-state index contributed by atoms with van der Waals surface area (Å²) in [5, 5.41) is 1.29. The molecule has 0 spiro atoms. The first-order valence-electron chi connectivity index (χ1n) is 9.72. The van der Waals surface area contributed by atoms with Crippen LogP contribution in [0.5, 0.6) is 0 Å². The van der Waals surface area contributed by atoms with Crippen LogP contribution in [0, 0.1) is 0 Å². The molecular formula is C22H19Cl3N2O2S. The van der Waals surface area contributed by atoms with E-state index < -0.39 is 0 Å². The topological polar surface area (TPSA) is 40.6 Å². The Labute approximate surface area is 194 Å². The molecule has 0 unspecified atom stereocenters. The lowest BCUT2D eigenvalue weighted by Crippen LogP contribution is -2.35. The minimum absolute atomic E-state index is 0.296. The number of amides is 2. The third-order valence-corrected chi connectivity index (χ3v) is 7.21. The fourth-order valence-electron chi connectivity index (χ4n) is 3.64. The Morgan fingerprint density at radius 2 is 1.43 bits per heavy atom. The van der Waals surface area contributed by atoms with Crippen LogP contribution in [0.3, 0.4) is 0 Å². The number of hydrogen-bond donors (Lipinski definition) is 0. The smallest absolute Gasteiger partial charge is 0.283 e. The van der Waals surface area contributed by atoms with Crippen molar-refractivity contribution in [3.8, 4) is 0 Å². The average Bonchev–Trinajstić information content (AvgIpc) is 2.90. The molecule has 8 heteroatoms. The van der Waals surface area contributed by atoms with E-state index in [4.69, 9.17) is 34.8 Å². The summed E-state index contributed by atoms with van der Waals surface area (Å²) in [7, 11) is 0. The molecule has 2 aromatic carbocycles. The highest BCUT2D eigenvalue weighted by molar-refractivity contribution is 8.04. The number of imide groups is 1. The monoisotopic (exact) mass is 480 g/mol. The van der Waals surface area contributed by atoms with E-state index in [9.17, 15) is 9.59 Å². The van der Waals surface area contributed by atoms with Crippen LogP contribution in [0.2, 0.25) is 15.1 Å². The lowest BCUT2D eigenvalue weighted by Gasteiger charge is -2.24. The molecule has 156 valence electrons. The predicted molar refractivity (Wildman–Crippen MR) is 123 cm³/mol. The van der Waals surface area contributed by atoms with E-state index in [1.807, 2.05) is 12.1 Å². The van der Waals surface area contributed by atoms with Gasteiger partial charge in [-0.05, 0) is 55.3 Å². The lowest BCUT2D eigenvalue weighted by atomic mass is 10.2. The van der Waals surface area contributed by atoms with E-state index in [0.717, 1.165) is 43.7 Å². The van der Waals surface area contributed by atoms with Crippen LogP contribution < -0.4 is 4.90 Å². The van der Waals surface area contributed by atoms with Gasteiger partial charge in [0.1, 0.15) is 10.6 Å². The maximum atomic E-state index is 13.5. The highest BCUT2D eigenvalue weighted by Gasteiger charge is 2.42. The molecule has 4 nitrogen and oxygen atoms in total. The van der Waals surface area contributed by atoms with Crippen molar-refractivity contribution in [2.24, 2.45) is 0 Å². The van der Waals surface area contributed by atoms with E-state index >= 15 is 0 Å². The Morgan fingerprint density at radius 1 is 0.767 bits per heavy atom. The first kappa shape index (κ1) is 21.6. The van der Waals surface area contributed by atoms with Crippen molar-refractivity contribution in [2.45, 2.75) is 30.6 Å². The maximum absolute atomic E-state index is 13.5. The van der Waals surface area contributed by atoms with Crippen LogP contribution in [0.15, 0.2) is 58.0 Å². The molecule has 30 heavy (non-hydrogen) atoms. The third kappa shape index (κ3) is 4.35. The third-order valence-electron chi connectivity index (χ3n) is 5.14. The van der Waals surface area contributed by atoms with Gasteiger partial charge in [-0.15, -0.1) is 0 Å². The van der Waals surface area contributed by atoms with E-state index in [1.54, 1.807) is 30.3 Å². The second-order valence-electron chi connectivity index (χ2n) is 7.18. The van der Waals surface area contributed by atoms with Crippen LogP contribution in [0.1, 0.15) is 25.7 Å². The van der Waals surface area contributed by atoms with Gasteiger partial charge in [0.25, 0.3) is 11.8 Å². The predicted octanol–water partition coefficient (Wildman–Crippen LogP) is 6.40. The number of thioether (sulfide) groups is 1. The van der Waals surface area contributed by atoms with Crippen LogP contribution in [-0.2, 0) is 9.59 Å². The largest absolute Gasteiger partial charge is 0.366 e. The molecule has 1 fully saturated rings. The molecule has 2 aliphatic heterocycles. The van der Waals surface area contributed by atoms with Gasteiger partial charge < -0.3 is 4.90 Å². The number of benzene rings is 2. The highest BCUT2D eigenvalue weighted by atomic mass is 35.5. The van der Waals surface area contributed by atoms with Crippen molar-refractivity contribution in [2.75, 3.05) is 18.0 Å². The van der Waals surface area contributed by atoms with Crippen molar-refractivity contribution in [1.29, 1.82) is 0 Å². The molecule has 1 saturated heterocycles. The first-order valence-corrected chi connectivity index (χ1v) is 11.7. The van der Waals surface area contributed by atoms with Crippen LogP contribution in [0.4, 0.5) is 5.69 Å². The number of anilines is 1. The van der Waals surface area contributed by atoms with Crippen LogP contribution in [0.25, 0.3) is 0 Å². The zero-order valence-electron chi connectivity index (χ0n) is 16.0. The fraction of sp³-hybridized carbons (Fsp3) is 0.273. The summed E-state index contributed by atoms with van der Waals surface area (Å²) < 4.78 is 0. The first-order chi connectivity index (χ1) is 14.5. The molecule has 0 radical (unpaired) electrons. The Hall–Kier alpha value is -1.66. The zero-order chi connectivity index (χ0) is 21.3. The molecule has 2 heterocycles. The second kappa shape index (κ2) is 9.23. The van der Waals surface area contributed by atoms with Gasteiger partial charge in [-0.2, -0.15) is 0 Å². The summed E-state index contributed by atoms with van der Waals surface area (Å²) in [5.41, 5.74) is 0.881. The van der Waals surface area contributed by atoms with E-state index in [-0.39, 0.29) is 11.8 Å². The molecule has 2 aromatic rings. The lowest BCUT2D eigenvalue weighted by molar-refractivity contribution is -0.121. The molecule has 0 N–H and O–H groups in total. The molecular weight excluding hydrogens is 463 g/mol. The van der Waals surface area contributed by atoms with E-state index in [0.29, 0.717) is 31.4 Å². The quantitative estimate of drug-likeness (QED) is 0.474. The average molecular weight is 482 g/mol. The summed E-state index contributed by atoms with van der Waals surface area (Å²) in [4.78, 5) is 31.4. The minimum atomic E-state index is -0.349. The van der Waals surface area contributed by atoms with Crippen molar-refractivity contribution in [3.63, 3.8) is 0 Å². The Bertz CT molecular complexity index is 1020. The van der Waals surface area contributed by atoms with Gasteiger partial charge in [0.05, 0.1) is 15.7 Å². The fourth-order valence-corrected chi connectivity index (χ4v) is 5.06. The number of likely N-dealkylation sites (tertiary alicyclic amines) is 1. The molecule has 4 rings (SSSR count). The van der Waals surface area contributed by atoms with Crippen molar-refractivity contribution in [1.82, 2.24) is 4.90 Å². The molecule has 0 aliphatic carbocycles. The highest BCUT2D eigenvalue weighted by Crippen LogP contribution is 2.40. The second-order valence-corrected chi connectivity index (χ2v) is 9.51. The molecule has 0 saturated carbocycles. The number of nitrogens with zero attached hydrogens (tertiary/aromatic N) is 2. The number of halogens is 3. The summed E-state index contributed by atoms with van der Waals surface area (Å²) in [6.45, 7) is 1.52. The van der Waals surface area contributed by atoms with Crippen molar-refractivity contribution >= 4 is 64.1 Å². The standard InChI is InChI=1S/C22H19Cl3N2O2S/c23-14-5-8-16(9-6-14)30-20-19(26-11-3-1-2-4-12-26)21(28)27(22(20)29)15-7-10-17(24)18(25)13-15/h5-10,13H,1-4,11-12H2. The van der Waals surface area contributed by atoms with E-state index in [2.05, 4.69) is 4.90 Å². The number of hydrogen-bond acceptors (Lipinski definition) is 4. The number of carbonyl (C=O) groups is 2. The molecule has 0 bridgehead atoms. The molecule has 0 aromatic heterocycles. The summed E-state index contributed by atoms with van der Waals surface area (Å²) in [5.74, 6) is -0.672. The van der Waals surface area contributed by atoms with Gasteiger partial charge in [0, 0.05) is 23.0 Å². The van der Waals surface area contributed by atoms with Crippen molar-refractivity contribution in [3.05, 3.63) is 68.1 Å². The Kier molecular flexibility index (Phi) is 6.63. The molecule has 0 atom stereocenters. The Morgan fingerprint density at radius 3 is 2.07 bits per heavy atom. The minimum Gasteiger partial charge on any atom is -0.366 e. The summed E-state index contributed by atoms with van der Waals surface area (Å²) >= 11 is 19.5. The molecule has 2 amide bonds. The van der Waals surface area contributed by atoms with Gasteiger partial charge >= 0.3 is 0 Å². The molecule has 2 aliphatic rings. The van der Waals surface area contributed by atoms with Gasteiger partial charge in [0.2, 0.25) is 0 Å². The Balaban J connectivity index is 1.74. The van der Waals surface area contributed by atoms with Gasteiger partial charge in [0.15, 0.2) is 0 Å². The van der Waals surface area contributed by atoms with Crippen molar-refractivity contribution < 1.29 is 9.59 Å². The SMILES string of the molecule is O=C1C(Sc2ccc(Cl)cc2)=C(N2CCCCCC2)C(=O)N1c1ccc(Cl)c(Cl)c1. The van der Waals surface area contributed by atoms with Gasteiger partial charge in [-0.1, -0.05) is 59.4 Å².